The van der Waals surface area contributed by atoms with Crippen molar-refractivity contribution < 1.29 is 45.8 Å². The summed E-state index contributed by atoms with van der Waals surface area (Å²) in [6.07, 6.45) is -2.72. The van der Waals surface area contributed by atoms with Gasteiger partial charge in [-0.1, -0.05) is 12.2 Å². The fourth-order valence-electron chi connectivity index (χ4n) is 4.27. The molecule has 1 saturated heterocycles. The summed E-state index contributed by atoms with van der Waals surface area (Å²) in [6.45, 7) is 0.619. The predicted molar refractivity (Wildman–Crippen MR) is 70.2 cm³/mol. The molecule has 1 heterocycles. The maximum atomic E-state index is 15.4. The first-order valence-corrected chi connectivity index (χ1v) is 7.55. The quantitative estimate of drug-likeness (QED) is 0.425. The van der Waals surface area contributed by atoms with Gasteiger partial charge in [0.15, 0.2) is 5.60 Å². The lowest BCUT2D eigenvalue weighted by Gasteiger charge is -2.55. The Morgan fingerprint density at radius 3 is 2.24 bits per heavy atom. The topological polar surface area (TPSA) is 61.8 Å². The van der Waals surface area contributed by atoms with Gasteiger partial charge in [-0.3, -0.25) is 9.59 Å². The molecule has 0 aromatic rings. The summed E-state index contributed by atoms with van der Waals surface area (Å²) < 4.78 is 85.0. The molecule has 3 aliphatic rings. The molecular formula is C15H15F5O5. The van der Waals surface area contributed by atoms with E-state index in [1.165, 1.54) is 6.08 Å². The standard InChI is InChI=1S/C15H15F5O5/c1-7(21)24-12-10-4-3-9(5-10)11(12)6-23-14(13(12,16)17,15(18,19)20)25-8(2)22/h3-4,9-11H,5-6H2,1-2H3. The molecule has 0 N–H and O–H groups in total. The van der Waals surface area contributed by atoms with Gasteiger partial charge < -0.3 is 14.2 Å². The fourth-order valence-corrected chi connectivity index (χ4v) is 4.27. The van der Waals surface area contributed by atoms with E-state index < -0.39 is 59.8 Å². The molecule has 3 rings (SSSR count). The fraction of sp³-hybridized carbons (Fsp3) is 0.733. The Hall–Kier alpha value is -1.71. The maximum Gasteiger partial charge on any atom is 0.462 e. The molecule has 2 bridgehead atoms. The zero-order valence-electron chi connectivity index (χ0n) is 13.2. The van der Waals surface area contributed by atoms with Crippen LogP contribution in [0.25, 0.3) is 0 Å². The molecule has 0 amide bonds. The van der Waals surface area contributed by atoms with E-state index in [4.69, 9.17) is 4.74 Å². The number of hydrogen-bond donors (Lipinski definition) is 0. The largest absolute Gasteiger partial charge is 0.462 e. The number of fused-ring (bicyclic) bond motifs is 5. The average Bonchev–Trinajstić information content (AvgIpc) is 3.00. The molecule has 25 heavy (non-hydrogen) atoms. The molecule has 2 fully saturated rings. The van der Waals surface area contributed by atoms with Gasteiger partial charge in [-0.2, -0.15) is 22.0 Å². The summed E-state index contributed by atoms with van der Waals surface area (Å²) in [5.41, 5.74) is -2.79. The second-order valence-electron chi connectivity index (χ2n) is 6.48. The van der Waals surface area contributed by atoms with Crippen LogP contribution in [0.3, 0.4) is 0 Å². The van der Waals surface area contributed by atoms with Crippen LogP contribution in [-0.2, 0) is 23.8 Å². The molecule has 5 nitrogen and oxygen atoms in total. The minimum atomic E-state index is -5.74. The van der Waals surface area contributed by atoms with Crippen molar-refractivity contribution in [3.05, 3.63) is 12.2 Å². The normalized spacial score (nSPS) is 41.3. The van der Waals surface area contributed by atoms with Crippen LogP contribution in [0.1, 0.15) is 20.3 Å². The van der Waals surface area contributed by atoms with Crippen molar-refractivity contribution in [3.63, 3.8) is 0 Å². The lowest BCUT2D eigenvalue weighted by atomic mass is 9.69. The van der Waals surface area contributed by atoms with Crippen LogP contribution in [0, 0.1) is 17.8 Å². The van der Waals surface area contributed by atoms with E-state index in [2.05, 4.69) is 9.47 Å². The third kappa shape index (κ3) is 2.09. The SMILES string of the molecule is CC(=O)OC12C3C=CC(C3)C1COC(OC(C)=O)(C(F)(F)F)C2(F)F. The third-order valence-corrected chi connectivity index (χ3v) is 5.08. The summed E-state index contributed by atoms with van der Waals surface area (Å²) in [7, 11) is 0. The summed E-state index contributed by atoms with van der Waals surface area (Å²) in [5, 5.41) is 0. The van der Waals surface area contributed by atoms with E-state index >= 15 is 8.78 Å². The molecule has 2 aliphatic carbocycles. The molecule has 0 aromatic heterocycles. The van der Waals surface area contributed by atoms with Gasteiger partial charge >= 0.3 is 29.8 Å². The lowest BCUT2D eigenvalue weighted by Crippen LogP contribution is -2.78. The lowest BCUT2D eigenvalue weighted by molar-refractivity contribution is -0.479. The van der Waals surface area contributed by atoms with Crippen LogP contribution in [0.15, 0.2) is 12.2 Å². The summed E-state index contributed by atoms with van der Waals surface area (Å²) >= 11 is 0. The minimum absolute atomic E-state index is 0.102. The van der Waals surface area contributed by atoms with Gasteiger partial charge in [0, 0.05) is 25.7 Å². The maximum absolute atomic E-state index is 15.4. The Bertz CT molecular complexity index is 645. The van der Waals surface area contributed by atoms with Crippen molar-refractivity contribution in [2.45, 2.75) is 43.8 Å². The van der Waals surface area contributed by atoms with Crippen molar-refractivity contribution in [2.24, 2.45) is 17.8 Å². The Morgan fingerprint density at radius 1 is 1.12 bits per heavy atom. The van der Waals surface area contributed by atoms with Gasteiger partial charge in [0.05, 0.1) is 6.61 Å². The number of hydrogen-bond acceptors (Lipinski definition) is 5. The highest BCUT2D eigenvalue weighted by Crippen LogP contribution is 2.66. The zero-order valence-corrected chi connectivity index (χ0v) is 13.2. The molecule has 1 saturated carbocycles. The number of rotatable bonds is 2. The van der Waals surface area contributed by atoms with E-state index in [-0.39, 0.29) is 6.42 Å². The van der Waals surface area contributed by atoms with Crippen molar-refractivity contribution in [2.75, 3.05) is 6.61 Å². The van der Waals surface area contributed by atoms with Crippen molar-refractivity contribution >= 4 is 11.9 Å². The number of alkyl halides is 5. The molecule has 0 radical (unpaired) electrons. The third-order valence-electron chi connectivity index (χ3n) is 5.08. The molecule has 1 aliphatic heterocycles. The number of carbonyl (C=O) groups is 2. The second kappa shape index (κ2) is 5.15. The Balaban J connectivity index is 2.21. The van der Waals surface area contributed by atoms with Gasteiger partial charge in [0.2, 0.25) is 0 Å². The Morgan fingerprint density at radius 2 is 1.72 bits per heavy atom. The van der Waals surface area contributed by atoms with E-state index in [1.807, 2.05) is 0 Å². The van der Waals surface area contributed by atoms with E-state index in [0.29, 0.717) is 6.92 Å². The number of esters is 2. The number of allylic oxidation sites excluding steroid dienone is 1. The molecule has 5 unspecified atom stereocenters. The molecule has 140 valence electrons. The van der Waals surface area contributed by atoms with Crippen molar-refractivity contribution in [1.82, 2.24) is 0 Å². The van der Waals surface area contributed by atoms with Crippen molar-refractivity contribution in [1.29, 1.82) is 0 Å². The van der Waals surface area contributed by atoms with Crippen LogP contribution in [0.2, 0.25) is 0 Å². The van der Waals surface area contributed by atoms with E-state index in [0.717, 1.165) is 6.92 Å². The first kappa shape index (κ1) is 18.1. The van der Waals surface area contributed by atoms with Gasteiger partial charge in [-0.25, -0.2) is 0 Å². The molecule has 0 aromatic carbocycles. The van der Waals surface area contributed by atoms with Crippen LogP contribution >= 0.6 is 0 Å². The Labute approximate surface area is 139 Å². The molecule has 5 atom stereocenters. The van der Waals surface area contributed by atoms with Gasteiger partial charge in [0.25, 0.3) is 0 Å². The summed E-state index contributed by atoms with van der Waals surface area (Å²) in [5.74, 6) is -14.9. The number of ether oxygens (including phenoxy) is 3. The van der Waals surface area contributed by atoms with Crippen LogP contribution in [0.5, 0.6) is 0 Å². The van der Waals surface area contributed by atoms with Crippen LogP contribution in [-0.4, -0.2) is 42.0 Å². The highest BCUT2D eigenvalue weighted by atomic mass is 19.4. The molecular weight excluding hydrogens is 355 g/mol. The number of halogens is 5. The highest BCUT2D eigenvalue weighted by Gasteiger charge is 2.88. The first-order valence-electron chi connectivity index (χ1n) is 7.55. The van der Waals surface area contributed by atoms with Crippen LogP contribution in [0.4, 0.5) is 22.0 Å². The smallest absolute Gasteiger partial charge is 0.451 e. The Kier molecular flexibility index (Phi) is 3.73. The van der Waals surface area contributed by atoms with Crippen molar-refractivity contribution in [3.8, 4) is 0 Å². The number of carbonyl (C=O) groups excluding carboxylic acids is 2. The second-order valence-corrected chi connectivity index (χ2v) is 6.48. The molecule has 10 heteroatoms. The van der Waals surface area contributed by atoms with E-state index in [9.17, 15) is 22.8 Å². The predicted octanol–water partition coefficient (Wildman–Crippen LogP) is 2.60. The average molecular weight is 370 g/mol. The van der Waals surface area contributed by atoms with Gasteiger partial charge in [-0.05, 0) is 12.3 Å². The van der Waals surface area contributed by atoms with Gasteiger partial charge in [-0.15, -0.1) is 0 Å². The summed E-state index contributed by atoms with van der Waals surface area (Å²) in [4.78, 5) is 22.7. The van der Waals surface area contributed by atoms with Gasteiger partial charge in [0.1, 0.15) is 0 Å². The highest BCUT2D eigenvalue weighted by molar-refractivity contribution is 5.68. The summed E-state index contributed by atoms with van der Waals surface area (Å²) in [6, 6.07) is 0. The minimum Gasteiger partial charge on any atom is -0.451 e. The van der Waals surface area contributed by atoms with Crippen LogP contribution < -0.4 is 0 Å². The monoisotopic (exact) mass is 370 g/mol. The zero-order chi connectivity index (χ0) is 18.8. The van der Waals surface area contributed by atoms with E-state index in [1.54, 1.807) is 6.08 Å². The molecule has 0 spiro atoms. The first-order chi connectivity index (χ1) is 11.4.